The predicted octanol–water partition coefficient (Wildman–Crippen LogP) is 2.72. The number of rotatable bonds is 0. The van der Waals surface area contributed by atoms with E-state index in [0.29, 0.717) is 11.3 Å². The zero-order valence-corrected chi connectivity index (χ0v) is 11.4. The van der Waals surface area contributed by atoms with Gasteiger partial charge in [-0.05, 0) is 54.3 Å². The topological polar surface area (TPSA) is 40.5 Å². The highest BCUT2D eigenvalue weighted by atomic mass is 16.3. The van der Waals surface area contributed by atoms with Gasteiger partial charge in [-0.15, -0.1) is 0 Å². The Balaban J connectivity index is 2.03. The molecule has 2 bridgehead atoms. The summed E-state index contributed by atoms with van der Waals surface area (Å²) in [6.07, 6.45) is 6.39. The first kappa shape index (κ1) is 12.0. The average molecular weight is 238 g/mol. The summed E-state index contributed by atoms with van der Waals surface area (Å²) in [4.78, 5) is 0. The predicted molar refractivity (Wildman–Crippen MR) is 67.5 cm³/mol. The highest BCUT2D eigenvalue weighted by Crippen LogP contribution is 2.68. The lowest BCUT2D eigenvalue weighted by Gasteiger charge is -2.56. The van der Waals surface area contributed by atoms with Gasteiger partial charge in [0.25, 0.3) is 0 Å². The highest BCUT2D eigenvalue weighted by molar-refractivity contribution is 5.14. The van der Waals surface area contributed by atoms with Crippen molar-refractivity contribution in [1.82, 2.24) is 0 Å². The van der Waals surface area contributed by atoms with Gasteiger partial charge in [0.2, 0.25) is 0 Å². The zero-order valence-electron chi connectivity index (χ0n) is 11.4. The largest absolute Gasteiger partial charge is 0.393 e. The van der Waals surface area contributed by atoms with Crippen LogP contribution in [0.15, 0.2) is 0 Å². The second-order valence-corrected chi connectivity index (χ2v) is 7.99. The Labute approximate surface area is 104 Å². The molecule has 3 aliphatic carbocycles. The van der Waals surface area contributed by atoms with E-state index in [-0.39, 0.29) is 23.0 Å². The maximum atomic E-state index is 10.6. The van der Waals surface area contributed by atoms with Gasteiger partial charge in [0.15, 0.2) is 0 Å². The average Bonchev–Trinajstić information content (AvgIpc) is 2.31. The van der Waals surface area contributed by atoms with E-state index in [1.807, 2.05) is 0 Å². The molecule has 1 spiro atoms. The van der Waals surface area contributed by atoms with Crippen LogP contribution in [0.1, 0.15) is 59.3 Å². The Bertz CT molecular complexity index is 338. The van der Waals surface area contributed by atoms with E-state index < -0.39 is 0 Å². The molecule has 0 unspecified atom stereocenters. The maximum absolute atomic E-state index is 10.6. The number of aliphatic hydroxyl groups is 2. The molecule has 0 aromatic heterocycles. The maximum Gasteiger partial charge on any atom is 0.0600 e. The Morgan fingerprint density at radius 2 is 1.71 bits per heavy atom. The van der Waals surface area contributed by atoms with Crippen LogP contribution in [0, 0.1) is 22.2 Å². The molecule has 0 heterocycles. The molecule has 2 nitrogen and oxygen atoms in total. The van der Waals surface area contributed by atoms with Gasteiger partial charge in [-0.2, -0.15) is 0 Å². The molecule has 17 heavy (non-hydrogen) atoms. The molecule has 5 atom stereocenters. The van der Waals surface area contributed by atoms with Gasteiger partial charge in [-0.1, -0.05) is 27.2 Å². The van der Waals surface area contributed by atoms with Gasteiger partial charge in [0.05, 0.1) is 12.2 Å². The quantitative estimate of drug-likeness (QED) is 0.681. The van der Waals surface area contributed by atoms with E-state index in [1.165, 1.54) is 25.7 Å². The summed E-state index contributed by atoms with van der Waals surface area (Å²) < 4.78 is 0. The lowest BCUT2D eigenvalue weighted by molar-refractivity contribution is -0.125. The Kier molecular flexibility index (Phi) is 2.30. The van der Waals surface area contributed by atoms with Crippen molar-refractivity contribution in [3.63, 3.8) is 0 Å². The van der Waals surface area contributed by atoms with Crippen molar-refractivity contribution in [3.05, 3.63) is 0 Å². The molecule has 3 fully saturated rings. The molecule has 0 aromatic carbocycles. The minimum absolute atomic E-state index is 0.113. The molecule has 0 amide bonds. The molecular formula is C15H26O2. The standard InChI is InChI=1S/C15H26O2/c1-13(2)11(17)8-15-6-4-5-14(3,9-15)7-10(16)12(13)15/h10-12,16-17H,4-9H2,1-3H3/t10-,11-,12-,14+,15+/m1/s1. The van der Waals surface area contributed by atoms with Crippen LogP contribution in [0.3, 0.4) is 0 Å². The third-order valence-corrected chi connectivity index (χ3v) is 6.24. The molecule has 2 heteroatoms. The first-order valence-electron chi connectivity index (χ1n) is 7.15. The van der Waals surface area contributed by atoms with E-state index in [2.05, 4.69) is 20.8 Å². The zero-order chi connectivity index (χ0) is 12.5. The highest BCUT2D eigenvalue weighted by Gasteiger charge is 2.64. The van der Waals surface area contributed by atoms with Crippen LogP contribution >= 0.6 is 0 Å². The van der Waals surface area contributed by atoms with Crippen molar-refractivity contribution in [2.75, 3.05) is 0 Å². The number of aliphatic hydroxyl groups excluding tert-OH is 2. The van der Waals surface area contributed by atoms with Crippen molar-refractivity contribution >= 4 is 0 Å². The van der Waals surface area contributed by atoms with Gasteiger partial charge in [0.1, 0.15) is 0 Å². The van der Waals surface area contributed by atoms with Gasteiger partial charge in [-0.25, -0.2) is 0 Å². The van der Waals surface area contributed by atoms with Crippen LogP contribution in [0.25, 0.3) is 0 Å². The smallest absolute Gasteiger partial charge is 0.0600 e. The van der Waals surface area contributed by atoms with E-state index >= 15 is 0 Å². The van der Waals surface area contributed by atoms with Crippen LogP contribution in [0.4, 0.5) is 0 Å². The molecule has 0 aromatic rings. The minimum Gasteiger partial charge on any atom is -0.393 e. The van der Waals surface area contributed by atoms with E-state index in [9.17, 15) is 10.2 Å². The van der Waals surface area contributed by atoms with Crippen molar-refractivity contribution < 1.29 is 10.2 Å². The summed E-state index contributed by atoms with van der Waals surface area (Å²) in [7, 11) is 0. The van der Waals surface area contributed by atoms with Crippen molar-refractivity contribution in [3.8, 4) is 0 Å². The molecule has 98 valence electrons. The van der Waals surface area contributed by atoms with Crippen molar-refractivity contribution in [2.45, 2.75) is 71.5 Å². The van der Waals surface area contributed by atoms with Crippen LogP contribution in [-0.2, 0) is 0 Å². The number of hydrogen-bond donors (Lipinski definition) is 2. The van der Waals surface area contributed by atoms with Gasteiger partial charge < -0.3 is 10.2 Å². The molecule has 2 N–H and O–H groups in total. The summed E-state index contributed by atoms with van der Waals surface area (Å²) in [6, 6.07) is 0. The molecule has 0 aliphatic heterocycles. The fourth-order valence-electron chi connectivity index (χ4n) is 5.81. The first-order chi connectivity index (χ1) is 7.79. The number of hydrogen-bond acceptors (Lipinski definition) is 2. The monoisotopic (exact) mass is 238 g/mol. The Morgan fingerprint density at radius 1 is 1.00 bits per heavy atom. The summed E-state index contributed by atoms with van der Waals surface area (Å²) >= 11 is 0. The normalized spacial score (nSPS) is 56.6. The van der Waals surface area contributed by atoms with Gasteiger partial charge in [-0.3, -0.25) is 0 Å². The van der Waals surface area contributed by atoms with E-state index in [1.54, 1.807) is 0 Å². The van der Waals surface area contributed by atoms with Gasteiger partial charge >= 0.3 is 0 Å². The molecule has 0 radical (unpaired) electrons. The van der Waals surface area contributed by atoms with Crippen LogP contribution in [0.5, 0.6) is 0 Å². The molecule has 3 rings (SSSR count). The van der Waals surface area contributed by atoms with Crippen LogP contribution in [-0.4, -0.2) is 22.4 Å². The second kappa shape index (κ2) is 3.27. The second-order valence-electron chi connectivity index (χ2n) is 7.99. The third-order valence-electron chi connectivity index (χ3n) is 6.24. The first-order valence-corrected chi connectivity index (χ1v) is 7.15. The van der Waals surface area contributed by atoms with Crippen molar-refractivity contribution in [1.29, 1.82) is 0 Å². The lowest BCUT2D eigenvalue weighted by atomic mass is 9.49. The van der Waals surface area contributed by atoms with Crippen molar-refractivity contribution in [2.24, 2.45) is 22.2 Å². The molecule has 3 aliphatic rings. The summed E-state index contributed by atoms with van der Waals surface area (Å²) in [6.45, 7) is 6.64. The third kappa shape index (κ3) is 1.46. The Morgan fingerprint density at radius 3 is 2.41 bits per heavy atom. The fourth-order valence-corrected chi connectivity index (χ4v) is 5.81. The van der Waals surface area contributed by atoms with E-state index in [0.717, 1.165) is 12.8 Å². The summed E-state index contributed by atoms with van der Waals surface area (Å²) in [5, 5.41) is 21.0. The summed E-state index contributed by atoms with van der Waals surface area (Å²) in [5.74, 6) is 0.304. The lowest BCUT2D eigenvalue weighted by Crippen LogP contribution is -2.52. The van der Waals surface area contributed by atoms with Gasteiger partial charge in [0, 0.05) is 0 Å². The fraction of sp³-hybridized carbons (Fsp3) is 1.00. The molecular weight excluding hydrogens is 212 g/mol. The molecule has 0 saturated heterocycles. The van der Waals surface area contributed by atoms with E-state index in [4.69, 9.17) is 0 Å². The minimum atomic E-state index is -0.234. The van der Waals surface area contributed by atoms with Crippen LogP contribution < -0.4 is 0 Å². The van der Waals surface area contributed by atoms with Crippen LogP contribution in [0.2, 0.25) is 0 Å². The number of fused-ring (bicyclic) bond motifs is 1. The SMILES string of the molecule is CC1(C)[C@H](O)C[C@]23CCC[C@@](C)(C[C@@H](O)[C@H]12)C3. The Hall–Kier alpha value is -0.0800. The molecule has 3 saturated carbocycles. The summed E-state index contributed by atoms with van der Waals surface area (Å²) in [5.41, 5.74) is 0.444.